The first kappa shape index (κ1) is 11.5. The summed E-state index contributed by atoms with van der Waals surface area (Å²) in [6.45, 7) is 4.66. The third-order valence-corrected chi connectivity index (χ3v) is 3.70. The first-order valence-corrected chi connectivity index (χ1v) is 6.25. The Kier molecular flexibility index (Phi) is 3.49. The van der Waals surface area contributed by atoms with Gasteiger partial charge < -0.3 is 10.0 Å². The molecule has 0 saturated carbocycles. The lowest BCUT2D eigenvalue weighted by Gasteiger charge is -2.32. The summed E-state index contributed by atoms with van der Waals surface area (Å²) in [5.41, 5.74) is 2.27. The van der Waals surface area contributed by atoms with Crippen molar-refractivity contribution < 1.29 is 5.11 Å². The molecule has 1 aliphatic heterocycles. The maximum absolute atomic E-state index is 9.40. The molecule has 1 N–H and O–H groups in total. The highest BCUT2D eigenvalue weighted by atomic mass is 16.3. The number of para-hydroxylation sites is 1. The highest BCUT2D eigenvalue weighted by Crippen LogP contribution is 2.33. The molecular weight excluding hydrogens is 198 g/mol. The van der Waals surface area contributed by atoms with Crippen LogP contribution in [0.5, 0.6) is 0 Å². The van der Waals surface area contributed by atoms with Crippen LogP contribution in [0.1, 0.15) is 38.7 Å². The summed E-state index contributed by atoms with van der Waals surface area (Å²) in [4.78, 5) is 2.49. The van der Waals surface area contributed by atoms with Gasteiger partial charge in [-0.2, -0.15) is 0 Å². The molecule has 0 aliphatic carbocycles. The van der Waals surface area contributed by atoms with Crippen LogP contribution in [0.15, 0.2) is 24.3 Å². The van der Waals surface area contributed by atoms with Crippen molar-refractivity contribution in [2.24, 2.45) is 0 Å². The molecule has 0 radical (unpaired) electrons. The minimum atomic E-state index is 0.135. The Labute approximate surface area is 97.9 Å². The average molecular weight is 219 g/mol. The molecule has 0 aromatic heterocycles. The van der Waals surface area contributed by atoms with E-state index in [4.69, 9.17) is 0 Å². The van der Waals surface area contributed by atoms with Crippen LogP contribution in [0.25, 0.3) is 0 Å². The van der Waals surface area contributed by atoms with Gasteiger partial charge in [-0.3, -0.25) is 0 Å². The second-order valence-corrected chi connectivity index (χ2v) is 4.68. The SMILES string of the molecule is CCC1CCC(C)N1c1ccccc1CO. The van der Waals surface area contributed by atoms with Crippen LogP contribution in [0.4, 0.5) is 5.69 Å². The van der Waals surface area contributed by atoms with Crippen molar-refractivity contribution in [3.8, 4) is 0 Å². The van der Waals surface area contributed by atoms with Gasteiger partial charge in [-0.05, 0) is 32.3 Å². The van der Waals surface area contributed by atoms with Crippen molar-refractivity contribution in [2.45, 2.75) is 51.8 Å². The van der Waals surface area contributed by atoms with Crippen LogP contribution in [-0.2, 0) is 6.61 Å². The first-order chi connectivity index (χ1) is 7.77. The van der Waals surface area contributed by atoms with Crippen molar-refractivity contribution in [3.63, 3.8) is 0 Å². The van der Waals surface area contributed by atoms with Gasteiger partial charge in [0.2, 0.25) is 0 Å². The van der Waals surface area contributed by atoms with Crippen molar-refractivity contribution in [3.05, 3.63) is 29.8 Å². The molecule has 0 spiro atoms. The van der Waals surface area contributed by atoms with Crippen molar-refractivity contribution in [1.29, 1.82) is 0 Å². The molecule has 0 amide bonds. The van der Waals surface area contributed by atoms with Gasteiger partial charge in [0.1, 0.15) is 0 Å². The molecule has 2 atom stereocenters. The largest absolute Gasteiger partial charge is 0.392 e. The van der Waals surface area contributed by atoms with Crippen LogP contribution in [0.3, 0.4) is 0 Å². The Bertz CT molecular complexity index is 350. The summed E-state index contributed by atoms with van der Waals surface area (Å²) >= 11 is 0. The quantitative estimate of drug-likeness (QED) is 0.845. The lowest BCUT2D eigenvalue weighted by Crippen LogP contribution is -2.34. The molecule has 2 unspecified atom stereocenters. The topological polar surface area (TPSA) is 23.5 Å². The molecule has 2 heteroatoms. The Hall–Kier alpha value is -1.02. The number of anilines is 1. The van der Waals surface area contributed by atoms with Crippen molar-refractivity contribution >= 4 is 5.69 Å². The molecule has 1 fully saturated rings. The van der Waals surface area contributed by atoms with E-state index in [0.717, 1.165) is 5.56 Å². The highest BCUT2D eigenvalue weighted by Gasteiger charge is 2.30. The maximum atomic E-state index is 9.40. The third kappa shape index (κ3) is 1.94. The van der Waals surface area contributed by atoms with Crippen LogP contribution < -0.4 is 4.90 Å². The highest BCUT2D eigenvalue weighted by molar-refractivity contribution is 5.55. The number of benzene rings is 1. The number of rotatable bonds is 3. The van der Waals surface area contributed by atoms with E-state index in [1.807, 2.05) is 12.1 Å². The Balaban J connectivity index is 2.34. The summed E-state index contributed by atoms with van der Waals surface area (Å²) in [5.74, 6) is 0. The molecular formula is C14H21NO. The zero-order chi connectivity index (χ0) is 11.5. The molecule has 2 rings (SSSR count). The number of nitrogens with zero attached hydrogens (tertiary/aromatic N) is 1. The van der Waals surface area contributed by atoms with E-state index in [9.17, 15) is 5.11 Å². The molecule has 2 nitrogen and oxygen atoms in total. The first-order valence-electron chi connectivity index (χ1n) is 6.25. The lowest BCUT2D eigenvalue weighted by molar-refractivity contribution is 0.282. The van der Waals surface area contributed by atoms with Gasteiger partial charge in [-0.25, -0.2) is 0 Å². The van der Waals surface area contributed by atoms with E-state index in [-0.39, 0.29) is 6.61 Å². The molecule has 88 valence electrons. The molecule has 1 saturated heterocycles. The summed E-state index contributed by atoms with van der Waals surface area (Å²) in [5, 5.41) is 9.40. The predicted octanol–water partition coefficient (Wildman–Crippen LogP) is 2.95. The van der Waals surface area contributed by atoms with Crippen molar-refractivity contribution in [2.75, 3.05) is 4.90 Å². The molecule has 1 aromatic carbocycles. The molecule has 1 aliphatic rings. The Morgan fingerprint density at radius 1 is 1.31 bits per heavy atom. The number of aliphatic hydroxyl groups excluding tert-OH is 1. The van der Waals surface area contributed by atoms with E-state index in [1.54, 1.807) is 0 Å². The molecule has 1 heterocycles. The fourth-order valence-electron chi connectivity index (χ4n) is 2.80. The van der Waals surface area contributed by atoms with E-state index in [1.165, 1.54) is 24.9 Å². The maximum Gasteiger partial charge on any atom is 0.0702 e. The van der Waals surface area contributed by atoms with Gasteiger partial charge in [0.05, 0.1) is 6.61 Å². The second-order valence-electron chi connectivity index (χ2n) is 4.68. The zero-order valence-electron chi connectivity index (χ0n) is 10.2. The number of aliphatic hydroxyl groups is 1. The van der Waals surface area contributed by atoms with Gasteiger partial charge in [-0.1, -0.05) is 25.1 Å². The summed E-state index contributed by atoms with van der Waals surface area (Å²) in [6, 6.07) is 9.45. The minimum absolute atomic E-state index is 0.135. The Morgan fingerprint density at radius 3 is 2.75 bits per heavy atom. The lowest BCUT2D eigenvalue weighted by atomic mass is 10.1. The van der Waals surface area contributed by atoms with Crippen LogP contribution >= 0.6 is 0 Å². The van der Waals surface area contributed by atoms with Crippen LogP contribution in [0.2, 0.25) is 0 Å². The standard InChI is InChI=1S/C14H21NO/c1-3-13-9-8-11(2)15(13)14-7-5-4-6-12(14)10-16/h4-7,11,13,16H,3,8-10H2,1-2H3. The molecule has 16 heavy (non-hydrogen) atoms. The third-order valence-electron chi connectivity index (χ3n) is 3.70. The van der Waals surface area contributed by atoms with Gasteiger partial charge in [0, 0.05) is 23.3 Å². The normalized spacial score (nSPS) is 25.1. The van der Waals surface area contributed by atoms with E-state index in [0.29, 0.717) is 12.1 Å². The fraction of sp³-hybridized carbons (Fsp3) is 0.571. The molecule has 0 bridgehead atoms. The predicted molar refractivity (Wildman–Crippen MR) is 67.6 cm³/mol. The smallest absolute Gasteiger partial charge is 0.0702 e. The summed E-state index contributed by atoms with van der Waals surface area (Å²) in [6.07, 6.45) is 3.72. The zero-order valence-corrected chi connectivity index (χ0v) is 10.2. The van der Waals surface area contributed by atoms with Gasteiger partial charge >= 0.3 is 0 Å². The van der Waals surface area contributed by atoms with E-state index < -0.39 is 0 Å². The Morgan fingerprint density at radius 2 is 2.06 bits per heavy atom. The summed E-state index contributed by atoms with van der Waals surface area (Å²) in [7, 11) is 0. The summed E-state index contributed by atoms with van der Waals surface area (Å²) < 4.78 is 0. The average Bonchev–Trinajstić information content (AvgIpc) is 2.70. The van der Waals surface area contributed by atoms with Gasteiger partial charge in [0.15, 0.2) is 0 Å². The fourth-order valence-corrected chi connectivity index (χ4v) is 2.80. The number of hydrogen-bond donors (Lipinski definition) is 1. The van der Waals surface area contributed by atoms with Gasteiger partial charge in [-0.15, -0.1) is 0 Å². The number of hydrogen-bond acceptors (Lipinski definition) is 2. The van der Waals surface area contributed by atoms with Crippen molar-refractivity contribution in [1.82, 2.24) is 0 Å². The second kappa shape index (κ2) is 4.88. The van der Waals surface area contributed by atoms with Crippen LogP contribution in [0, 0.1) is 0 Å². The van der Waals surface area contributed by atoms with E-state index >= 15 is 0 Å². The van der Waals surface area contributed by atoms with Gasteiger partial charge in [0.25, 0.3) is 0 Å². The monoisotopic (exact) mass is 219 g/mol. The molecule has 1 aromatic rings. The minimum Gasteiger partial charge on any atom is -0.392 e. The van der Waals surface area contributed by atoms with Crippen LogP contribution in [-0.4, -0.2) is 17.2 Å². The van der Waals surface area contributed by atoms with E-state index in [2.05, 4.69) is 30.9 Å².